The molecule has 0 unspecified atom stereocenters. The van der Waals surface area contributed by atoms with Crippen molar-refractivity contribution >= 4 is 28.3 Å². The number of fused-ring (bicyclic) bond motifs is 2. The van der Waals surface area contributed by atoms with E-state index < -0.39 is 5.63 Å². The van der Waals surface area contributed by atoms with Crippen LogP contribution in [-0.4, -0.2) is 32.0 Å². The van der Waals surface area contributed by atoms with Gasteiger partial charge in [0.1, 0.15) is 17.1 Å². The molecule has 0 spiro atoms. The van der Waals surface area contributed by atoms with Gasteiger partial charge in [-0.25, -0.2) is 4.79 Å². The van der Waals surface area contributed by atoms with E-state index in [-0.39, 0.29) is 24.9 Å². The molecule has 0 fully saturated rings. The molecule has 0 atom stereocenters. The normalized spacial score (nSPS) is 13.2. The summed E-state index contributed by atoms with van der Waals surface area (Å²) in [5, 5.41) is 0.806. The topological polar surface area (TPSA) is 86.0 Å². The maximum Gasteiger partial charge on any atom is 0.336 e. The Morgan fingerprint density at radius 3 is 2.79 bits per heavy atom. The van der Waals surface area contributed by atoms with Crippen molar-refractivity contribution in [2.75, 3.05) is 25.2 Å². The second-order valence-corrected chi connectivity index (χ2v) is 6.54. The number of likely N-dealkylation sites (N-methyl/N-ethyl adjacent to an activating group) is 1. The summed E-state index contributed by atoms with van der Waals surface area (Å²) in [6, 6.07) is 11.4. The van der Waals surface area contributed by atoms with E-state index in [4.69, 9.17) is 13.9 Å². The third kappa shape index (κ3) is 3.22. The fraction of sp³-hybridized carbons (Fsp3) is 0.190. The average Bonchev–Trinajstić information content (AvgIpc) is 2.68. The van der Waals surface area contributed by atoms with Crippen molar-refractivity contribution in [3.63, 3.8) is 0 Å². The lowest BCUT2D eigenvalue weighted by atomic mass is 10.1. The largest absolute Gasteiger partial charge is 0.485 e. The van der Waals surface area contributed by atoms with Gasteiger partial charge in [0.15, 0.2) is 19.0 Å². The Kier molecular flexibility index (Phi) is 4.35. The standard InChI is InChI=1S/C21H17NO6/c1-12-7-21(25)28-19-9-14(4-5-15(12)19)26-10-17(23)13-3-6-18-16(8-13)22(2)20(24)11-27-18/h3-9H,10-11H2,1-2H3. The first kappa shape index (κ1) is 17.8. The second kappa shape index (κ2) is 6.84. The van der Waals surface area contributed by atoms with Crippen LogP contribution in [0.25, 0.3) is 11.0 Å². The summed E-state index contributed by atoms with van der Waals surface area (Å²) < 4.78 is 16.1. The van der Waals surface area contributed by atoms with Crippen molar-refractivity contribution in [3.05, 3.63) is 64.0 Å². The van der Waals surface area contributed by atoms with E-state index in [1.165, 1.54) is 11.0 Å². The zero-order chi connectivity index (χ0) is 19.8. The molecular weight excluding hydrogens is 362 g/mol. The lowest BCUT2D eigenvalue weighted by molar-refractivity contribution is -0.120. The predicted octanol–water partition coefficient (Wildman–Crippen LogP) is 2.72. The molecule has 3 aromatic rings. The summed E-state index contributed by atoms with van der Waals surface area (Å²) in [6.45, 7) is 1.61. The molecule has 2 heterocycles. The Hall–Kier alpha value is -3.61. The van der Waals surface area contributed by atoms with Crippen LogP contribution in [0.15, 0.2) is 51.7 Å². The van der Waals surface area contributed by atoms with Gasteiger partial charge < -0.3 is 18.8 Å². The number of anilines is 1. The number of ketones is 1. The zero-order valence-corrected chi connectivity index (χ0v) is 15.4. The minimum absolute atomic E-state index is 0.0164. The highest BCUT2D eigenvalue weighted by Crippen LogP contribution is 2.32. The summed E-state index contributed by atoms with van der Waals surface area (Å²) in [6.07, 6.45) is 0. The Morgan fingerprint density at radius 2 is 1.96 bits per heavy atom. The predicted molar refractivity (Wildman–Crippen MR) is 102 cm³/mol. The Labute approximate surface area is 160 Å². The highest BCUT2D eigenvalue weighted by Gasteiger charge is 2.23. The van der Waals surface area contributed by atoms with E-state index in [0.717, 1.165) is 10.9 Å². The van der Waals surface area contributed by atoms with Crippen molar-refractivity contribution < 1.29 is 23.5 Å². The first-order valence-corrected chi connectivity index (χ1v) is 8.66. The molecule has 1 aliphatic heterocycles. The van der Waals surface area contributed by atoms with E-state index in [9.17, 15) is 14.4 Å². The van der Waals surface area contributed by atoms with Crippen LogP contribution in [0.4, 0.5) is 5.69 Å². The van der Waals surface area contributed by atoms with Gasteiger partial charge in [-0.15, -0.1) is 0 Å². The van der Waals surface area contributed by atoms with Crippen LogP contribution in [0.2, 0.25) is 0 Å². The van der Waals surface area contributed by atoms with Gasteiger partial charge in [0.25, 0.3) is 5.91 Å². The van der Waals surface area contributed by atoms with Gasteiger partial charge in [-0.2, -0.15) is 0 Å². The molecule has 0 saturated carbocycles. The van der Waals surface area contributed by atoms with Crippen molar-refractivity contribution in [1.29, 1.82) is 0 Å². The number of carbonyl (C=O) groups excluding carboxylic acids is 2. The number of rotatable bonds is 4. The van der Waals surface area contributed by atoms with E-state index in [1.807, 2.05) is 6.92 Å². The summed E-state index contributed by atoms with van der Waals surface area (Å²) >= 11 is 0. The van der Waals surface area contributed by atoms with E-state index in [2.05, 4.69) is 0 Å². The number of aryl methyl sites for hydroxylation is 1. The van der Waals surface area contributed by atoms with Crippen LogP contribution < -0.4 is 20.0 Å². The Balaban J connectivity index is 1.53. The van der Waals surface area contributed by atoms with Gasteiger partial charge >= 0.3 is 5.63 Å². The molecule has 142 valence electrons. The average molecular weight is 379 g/mol. The Morgan fingerprint density at radius 1 is 1.14 bits per heavy atom. The van der Waals surface area contributed by atoms with Crippen LogP contribution in [0, 0.1) is 6.92 Å². The Bertz CT molecular complexity index is 1160. The molecule has 1 amide bonds. The van der Waals surface area contributed by atoms with Crippen LogP contribution in [0.5, 0.6) is 11.5 Å². The smallest absolute Gasteiger partial charge is 0.336 e. The molecule has 1 aromatic heterocycles. The number of hydrogen-bond acceptors (Lipinski definition) is 6. The summed E-state index contributed by atoms with van der Waals surface area (Å²) in [4.78, 5) is 37.3. The highest BCUT2D eigenvalue weighted by molar-refractivity contribution is 6.02. The SMILES string of the molecule is Cc1cc(=O)oc2cc(OCC(=O)c3ccc4c(c3)N(C)C(=O)CO4)ccc12. The van der Waals surface area contributed by atoms with Gasteiger partial charge in [-0.3, -0.25) is 9.59 Å². The quantitative estimate of drug-likeness (QED) is 0.512. The van der Waals surface area contributed by atoms with Gasteiger partial charge in [0.2, 0.25) is 0 Å². The highest BCUT2D eigenvalue weighted by atomic mass is 16.5. The minimum atomic E-state index is -0.437. The molecule has 0 N–H and O–H groups in total. The minimum Gasteiger partial charge on any atom is -0.485 e. The maximum atomic E-state index is 12.5. The van der Waals surface area contributed by atoms with Crippen LogP contribution >= 0.6 is 0 Å². The lowest BCUT2D eigenvalue weighted by Crippen LogP contribution is -2.35. The molecule has 0 aliphatic carbocycles. The number of carbonyl (C=O) groups is 2. The first-order chi connectivity index (χ1) is 13.4. The number of amides is 1. The summed E-state index contributed by atoms with van der Waals surface area (Å²) in [7, 11) is 1.64. The monoisotopic (exact) mass is 379 g/mol. The molecular formula is C21H17NO6. The van der Waals surface area contributed by atoms with Crippen LogP contribution in [-0.2, 0) is 4.79 Å². The fourth-order valence-corrected chi connectivity index (χ4v) is 3.07. The number of ether oxygens (including phenoxy) is 2. The molecule has 7 nitrogen and oxygen atoms in total. The van der Waals surface area contributed by atoms with Crippen molar-refractivity contribution in [2.24, 2.45) is 0 Å². The summed E-state index contributed by atoms with van der Waals surface area (Å²) in [5.74, 6) is 0.545. The third-order valence-electron chi connectivity index (χ3n) is 4.66. The van der Waals surface area contributed by atoms with Crippen LogP contribution in [0.1, 0.15) is 15.9 Å². The maximum absolute atomic E-state index is 12.5. The molecule has 4 rings (SSSR count). The van der Waals surface area contributed by atoms with Gasteiger partial charge in [0.05, 0.1) is 5.69 Å². The van der Waals surface area contributed by atoms with Gasteiger partial charge in [-0.1, -0.05) is 0 Å². The van der Waals surface area contributed by atoms with Crippen molar-refractivity contribution in [2.45, 2.75) is 6.92 Å². The van der Waals surface area contributed by atoms with Crippen LogP contribution in [0.3, 0.4) is 0 Å². The van der Waals surface area contributed by atoms with E-state index in [0.29, 0.717) is 28.3 Å². The number of hydrogen-bond donors (Lipinski definition) is 0. The first-order valence-electron chi connectivity index (χ1n) is 8.66. The van der Waals surface area contributed by atoms with E-state index >= 15 is 0 Å². The summed E-state index contributed by atoms with van der Waals surface area (Å²) in [5.41, 5.74) is 1.73. The number of benzene rings is 2. The van der Waals surface area contributed by atoms with Crippen molar-refractivity contribution in [1.82, 2.24) is 0 Å². The van der Waals surface area contributed by atoms with Crippen molar-refractivity contribution in [3.8, 4) is 11.5 Å². The number of Topliss-reactive ketones (excluding diaryl/α,β-unsaturated/α-hetero) is 1. The molecule has 1 aliphatic rings. The molecule has 0 radical (unpaired) electrons. The molecule has 28 heavy (non-hydrogen) atoms. The molecule has 7 heteroatoms. The second-order valence-electron chi connectivity index (χ2n) is 6.54. The van der Waals surface area contributed by atoms with E-state index in [1.54, 1.807) is 43.4 Å². The third-order valence-corrected chi connectivity index (χ3v) is 4.66. The molecule has 2 aromatic carbocycles. The molecule has 0 bridgehead atoms. The van der Waals surface area contributed by atoms with Gasteiger partial charge in [0, 0.05) is 30.1 Å². The lowest BCUT2D eigenvalue weighted by Gasteiger charge is -2.26. The zero-order valence-electron chi connectivity index (χ0n) is 15.4. The number of nitrogens with zero attached hydrogens (tertiary/aromatic N) is 1. The van der Waals surface area contributed by atoms with Gasteiger partial charge in [-0.05, 0) is 42.8 Å². The molecule has 0 saturated heterocycles. The fourth-order valence-electron chi connectivity index (χ4n) is 3.07.